The van der Waals surface area contributed by atoms with Crippen LogP contribution in [-0.2, 0) is 19.9 Å². The molecule has 2 aromatic carbocycles. The summed E-state index contributed by atoms with van der Waals surface area (Å²) in [7, 11) is -6.00. The fraction of sp³-hybridized carbons (Fsp3) is 0.350. The molecule has 1 heterocycles. The number of sulfonamides is 1. The molecule has 10 heteroatoms. The van der Waals surface area contributed by atoms with Crippen LogP contribution in [0.4, 0.5) is 5.69 Å². The summed E-state index contributed by atoms with van der Waals surface area (Å²) in [5, 5.41) is 2.59. The third-order valence-corrected chi connectivity index (χ3v) is 8.67. The second kappa shape index (κ2) is 8.75. The number of sulfone groups is 1. The van der Waals surface area contributed by atoms with Crippen LogP contribution >= 0.6 is 0 Å². The average Bonchev–Trinajstić information content (AvgIpc) is 3.29. The van der Waals surface area contributed by atoms with Gasteiger partial charge in [-0.15, -0.1) is 0 Å². The van der Waals surface area contributed by atoms with Gasteiger partial charge in [-0.05, 0) is 43.2 Å². The summed E-state index contributed by atoms with van der Waals surface area (Å²) in [5.74, 6) is -0.581. The molecule has 0 bridgehead atoms. The average molecular weight is 453 g/mol. The van der Waals surface area contributed by atoms with E-state index in [0.717, 1.165) is 12.8 Å². The summed E-state index contributed by atoms with van der Waals surface area (Å²) >= 11 is 0. The SMILES string of the molecule is CCS(=O)(=O)c1ccccc1NC(=O)c1ccc(OC)c(S(=O)(=O)N2CCCC2)c1. The van der Waals surface area contributed by atoms with Gasteiger partial charge in [0, 0.05) is 18.7 Å². The van der Waals surface area contributed by atoms with Crippen molar-refractivity contribution in [2.45, 2.75) is 29.6 Å². The fourth-order valence-corrected chi connectivity index (χ4v) is 6.03. The van der Waals surface area contributed by atoms with Gasteiger partial charge in [-0.1, -0.05) is 19.1 Å². The van der Waals surface area contributed by atoms with Crippen LogP contribution in [0.2, 0.25) is 0 Å². The van der Waals surface area contributed by atoms with E-state index < -0.39 is 25.8 Å². The Morgan fingerprint density at radius 2 is 1.70 bits per heavy atom. The minimum Gasteiger partial charge on any atom is -0.495 e. The van der Waals surface area contributed by atoms with Crippen LogP contribution in [-0.4, -0.2) is 53.0 Å². The van der Waals surface area contributed by atoms with E-state index in [1.54, 1.807) is 12.1 Å². The minimum absolute atomic E-state index is 0.0132. The molecule has 162 valence electrons. The summed E-state index contributed by atoms with van der Waals surface area (Å²) in [6, 6.07) is 10.2. The van der Waals surface area contributed by atoms with Crippen LogP contribution in [0, 0.1) is 0 Å². The zero-order valence-corrected chi connectivity index (χ0v) is 18.4. The van der Waals surface area contributed by atoms with Gasteiger partial charge in [0.25, 0.3) is 5.91 Å². The number of amides is 1. The molecule has 1 saturated heterocycles. The molecular formula is C20H24N2O6S2. The van der Waals surface area contributed by atoms with Gasteiger partial charge in [0.15, 0.2) is 9.84 Å². The van der Waals surface area contributed by atoms with E-state index in [4.69, 9.17) is 4.74 Å². The molecule has 3 rings (SSSR count). The van der Waals surface area contributed by atoms with Crippen LogP contribution in [0.5, 0.6) is 5.75 Å². The van der Waals surface area contributed by atoms with Crippen molar-refractivity contribution >= 4 is 31.5 Å². The Kier molecular flexibility index (Phi) is 6.49. The summed E-state index contributed by atoms with van der Waals surface area (Å²) in [6.07, 6.45) is 1.56. The first-order valence-corrected chi connectivity index (χ1v) is 12.6. The summed E-state index contributed by atoms with van der Waals surface area (Å²) in [4.78, 5) is 12.8. The lowest BCUT2D eigenvalue weighted by molar-refractivity contribution is 0.102. The van der Waals surface area contributed by atoms with Gasteiger partial charge in [-0.25, -0.2) is 16.8 Å². The third-order valence-electron chi connectivity index (χ3n) is 4.96. The lowest BCUT2D eigenvalue weighted by atomic mass is 10.2. The van der Waals surface area contributed by atoms with Crippen LogP contribution in [0.25, 0.3) is 0 Å². The highest BCUT2D eigenvalue weighted by atomic mass is 32.2. The highest BCUT2D eigenvalue weighted by Gasteiger charge is 2.31. The van der Waals surface area contributed by atoms with E-state index in [2.05, 4.69) is 5.32 Å². The van der Waals surface area contributed by atoms with Crippen LogP contribution in [0.1, 0.15) is 30.1 Å². The number of ether oxygens (including phenoxy) is 1. The van der Waals surface area contributed by atoms with Gasteiger partial charge in [0.1, 0.15) is 10.6 Å². The van der Waals surface area contributed by atoms with Gasteiger partial charge in [0.2, 0.25) is 10.0 Å². The van der Waals surface area contributed by atoms with E-state index in [1.165, 1.54) is 48.7 Å². The molecular weight excluding hydrogens is 428 g/mol. The molecule has 1 amide bonds. The molecule has 0 aromatic heterocycles. The van der Waals surface area contributed by atoms with Crippen molar-refractivity contribution in [2.75, 3.05) is 31.3 Å². The fourth-order valence-electron chi connectivity index (χ4n) is 3.28. The van der Waals surface area contributed by atoms with Gasteiger partial charge < -0.3 is 10.1 Å². The topological polar surface area (TPSA) is 110 Å². The minimum atomic E-state index is -3.81. The maximum Gasteiger partial charge on any atom is 0.255 e. The Morgan fingerprint density at radius 3 is 2.33 bits per heavy atom. The molecule has 0 atom stereocenters. The zero-order valence-electron chi connectivity index (χ0n) is 16.8. The van der Waals surface area contributed by atoms with Crippen LogP contribution < -0.4 is 10.1 Å². The predicted octanol–water partition coefficient (Wildman–Crippen LogP) is 2.53. The van der Waals surface area contributed by atoms with Crippen molar-refractivity contribution in [3.05, 3.63) is 48.0 Å². The number of benzene rings is 2. The number of nitrogens with zero attached hydrogens (tertiary/aromatic N) is 1. The quantitative estimate of drug-likeness (QED) is 0.691. The molecule has 8 nitrogen and oxygen atoms in total. The molecule has 1 fully saturated rings. The number of para-hydroxylation sites is 1. The first-order chi connectivity index (χ1) is 14.2. The number of methoxy groups -OCH3 is 1. The number of anilines is 1. The molecule has 1 N–H and O–H groups in total. The molecule has 0 saturated carbocycles. The molecule has 1 aliphatic heterocycles. The lowest BCUT2D eigenvalue weighted by Crippen LogP contribution is -2.28. The molecule has 2 aromatic rings. The molecule has 0 radical (unpaired) electrons. The van der Waals surface area contributed by atoms with Gasteiger partial charge >= 0.3 is 0 Å². The van der Waals surface area contributed by atoms with Crippen molar-refractivity contribution in [1.29, 1.82) is 0 Å². The second-order valence-electron chi connectivity index (χ2n) is 6.83. The molecule has 30 heavy (non-hydrogen) atoms. The van der Waals surface area contributed by atoms with Gasteiger partial charge in [-0.3, -0.25) is 4.79 Å². The van der Waals surface area contributed by atoms with Gasteiger partial charge in [0.05, 0.1) is 23.4 Å². The standard InChI is InChI=1S/C20H24N2O6S2/c1-3-29(24,25)18-9-5-4-8-16(18)21-20(23)15-10-11-17(28-2)19(14-15)30(26,27)22-12-6-7-13-22/h4-5,8-11,14H,3,6-7,12-13H2,1-2H3,(H,21,23). The number of hydrogen-bond donors (Lipinski definition) is 1. The Morgan fingerprint density at radius 1 is 1.03 bits per heavy atom. The number of rotatable bonds is 7. The maximum atomic E-state index is 13.0. The number of carbonyl (C=O) groups excluding carboxylic acids is 1. The number of carbonyl (C=O) groups is 1. The van der Waals surface area contributed by atoms with Crippen molar-refractivity contribution in [2.24, 2.45) is 0 Å². The van der Waals surface area contributed by atoms with Crippen molar-refractivity contribution < 1.29 is 26.4 Å². The van der Waals surface area contributed by atoms with E-state index in [0.29, 0.717) is 13.1 Å². The van der Waals surface area contributed by atoms with Crippen LogP contribution in [0.15, 0.2) is 52.3 Å². The predicted molar refractivity (Wildman–Crippen MR) is 113 cm³/mol. The summed E-state index contributed by atoms with van der Waals surface area (Å²) in [6.45, 7) is 2.36. The molecule has 0 aliphatic carbocycles. The first kappa shape index (κ1) is 22.3. The van der Waals surface area contributed by atoms with Crippen molar-refractivity contribution in [3.8, 4) is 5.75 Å². The highest BCUT2D eigenvalue weighted by molar-refractivity contribution is 7.91. The van der Waals surface area contributed by atoms with Crippen LogP contribution in [0.3, 0.4) is 0 Å². The second-order valence-corrected chi connectivity index (χ2v) is 11.0. The summed E-state index contributed by atoms with van der Waals surface area (Å²) in [5.41, 5.74) is 0.224. The largest absolute Gasteiger partial charge is 0.495 e. The van der Waals surface area contributed by atoms with E-state index >= 15 is 0 Å². The summed E-state index contributed by atoms with van der Waals surface area (Å²) < 4.78 is 57.2. The Hall–Kier alpha value is -2.43. The lowest BCUT2D eigenvalue weighted by Gasteiger charge is -2.18. The zero-order chi connectivity index (χ0) is 21.9. The number of hydrogen-bond acceptors (Lipinski definition) is 6. The molecule has 1 aliphatic rings. The van der Waals surface area contributed by atoms with Gasteiger partial charge in [-0.2, -0.15) is 4.31 Å². The van der Waals surface area contributed by atoms with E-state index in [9.17, 15) is 21.6 Å². The normalized spacial score (nSPS) is 15.1. The Labute approximate surface area is 176 Å². The monoisotopic (exact) mass is 452 g/mol. The molecule has 0 unspecified atom stereocenters. The van der Waals surface area contributed by atoms with E-state index in [-0.39, 0.29) is 32.5 Å². The first-order valence-electron chi connectivity index (χ1n) is 9.52. The third kappa shape index (κ3) is 4.35. The highest BCUT2D eigenvalue weighted by Crippen LogP contribution is 2.30. The number of nitrogens with one attached hydrogen (secondary N) is 1. The molecule has 0 spiro atoms. The Balaban J connectivity index is 1.97. The van der Waals surface area contributed by atoms with E-state index in [1.807, 2.05) is 0 Å². The van der Waals surface area contributed by atoms with Crippen molar-refractivity contribution in [3.63, 3.8) is 0 Å². The smallest absolute Gasteiger partial charge is 0.255 e. The maximum absolute atomic E-state index is 13.0. The Bertz CT molecular complexity index is 1150. The van der Waals surface area contributed by atoms with Crippen molar-refractivity contribution in [1.82, 2.24) is 4.31 Å².